The van der Waals surface area contributed by atoms with E-state index in [1.165, 1.54) is 6.07 Å². The van der Waals surface area contributed by atoms with Crippen LogP contribution in [0.3, 0.4) is 0 Å². The van der Waals surface area contributed by atoms with Gasteiger partial charge in [0.05, 0.1) is 5.52 Å². The summed E-state index contributed by atoms with van der Waals surface area (Å²) < 4.78 is 14.5. The van der Waals surface area contributed by atoms with Crippen LogP contribution < -0.4 is 0 Å². The molecule has 0 atom stereocenters. The molecule has 0 amide bonds. The van der Waals surface area contributed by atoms with Crippen LogP contribution in [0.1, 0.15) is 0 Å². The molecule has 0 radical (unpaired) electrons. The number of para-hydroxylation sites is 1. The summed E-state index contributed by atoms with van der Waals surface area (Å²) in [6.07, 6.45) is 0. The van der Waals surface area contributed by atoms with E-state index in [0.717, 1.165) is 16.5 Å². The summed E-state index contributed by atoms with van der Waals surface area (Å²) in [5.41, 5.74) is 2.71. The van der Waals surface area contributed by atoms with E-state index in [9.17, 15) is 4.39 Å². The molecule has 2 nitrogen and oxygen atoms in total. The van der Waals surface area contributed by atoms with E-state index >= 15 is 0 Å². The van der Waals surface area contributed by atoms with Crippen molar-refractivity contribution in [1.82, 2.24) is 9.97 Å². The summed E-state index contributed by atoms with van der Waals surface area (Å²) in [7, 11) is 0. The van der Waals surface area contributed by atoms with Gasteiger partial charge < -0.3 is 0 Å². The molecule has 0 aliphatic carbocycles. The first kappa shape index (κ1) is 14.8. The van der Waals surface area contributed by atoms with Crippen LogP contribution >= 0.6 is 11.6 Å². The second kappa shape index (κ2) is 6.02. The van der Waals surface area contributed by atoms with Gasteiger partial charge in [0.25, 0.3) is 0 Å². The summed E-state index contributed by atoms with van der Waals surface area (Å²) in [5, 5.41) is 1.15. The third kappa shape index (κ3) is 2.63. The number of aromatic nitrogens is 2. The number of fused-ring (bicyclic) bond motifs is 1. The Morgan fingerprint density at radius 3 is 2.29 bits per heavy atom. The summed E-state index contributed by atoms with van der Waals surface area (Å²) in [4.78, 5) is 8.79. The molecule has 0 saturated carbocycles. The second-order valence-corrected chi connectivity index (χ2v) is 5.77. The number of halogens is 2. The highest BCUT2D eigenvalue weighted by atomic mass is 35.5. The molecule has 0 bridgehead atoms. The molecule has 116 valence electrons. The topological polar surface area (TPSA) is 25.8 Å². The van der Waals surface area contributed by atoms with E-state index in [0.29, 0.717) is 22.1 Å². The van der Waals surface area contributed by atoms with Crippen LogP contribution in [0.2, 0.25) is 5.15 Å². The van der Waals surface area contributed by atoms with Gasteiger partial charge in [0, 0.05) is 16.5 Å². The standard InChI is InChI=1S/C20H12ClFN2/c21-19-16-8-4-5-9-18(16)23-20(24-19)14-10-11-15(17(22)12-14)13-6-2-1-3-7-13/h1-12H. The van der Waals surface area contributed by atoms with Gasteiger partial charge >= 0.3 is 0 Å². The molecule has 1 aromatic heterocycles. The van der Waals surface area contributed by atoms with Crippen LogP contribution in [0.5, 0.6) is 0 Å². The van der Waals surface area contributed by atoms with Crippen LogP contribution in [0.4, 0.5) is 4.39 Å². The van der Waals surface area contributed by atoms with Gasteiger partial charge in [-0.3, -0.25) is 0 Å². The Bertz CT molecular complexity index is 1030. The summed E-state index contributed by atoms with van der Waals surface area (Å²) >= 11 is 6.23. The van der Waals surface area contributed by atoms with Gasteiger partial charge in [0.2, 0.25) is 0 Å². The lowest BCUT2D eigenvalue weighted by molar-refractivity contribution is 0.631. The van der Waals surface area contributed by atoms with Gasteiger partial charge in [-0.25, -0.2) is 14.4 Å². The van der Waals surface area contributed by atoms with E-state index in [2.05, 4.69) is 9.97 Å². The molecule has 4 heteroatoms. The summed E-state index contributed by atoms with van der Waals surface area (Å²) in [5.74, 6) is 0.101. The lowest BCUT2D eigenvalue weighted by Crippen LogP contribution is -1.93. The Balaban J connectivity index is 1.82. The van der Waals surface area contributed by atoms with Crippen LogP contribution in [0.15, 0.2) is 72.8 Å². The van der Waals surface area contributed by atoms with Crippen molar-refractivity contribution in [1.29, 1.82) is 0 Å². The SMILES string of the molecule is Fc1cc(-c2nc(Cl)c3ccccc3n2)ccc1-c1ccccc1. The minimum Gasteiger partial charge on any atom is -0.228 e. The monoisotopic (exact) mass is 334 g/mol. The summed E-state index contributed by atoms with van der Waals surface area (Å²) in [6, 6.07) is 21.9. The van der Waals surface area contributed by atoms with E-state index in [1.807, 2.05) is 60.7 Å². The minimum atomic E-state index is -0.313. The first-order valence-corrected chi connectivity index (χ1v) is 7.88. The summed E-state index contributed by atoms with van der Waals surface area (Å²) in [6.45, 7) is 0. The van der Waals surface area contributed by atoms with Gasteiger partial charge in [-0.1, -0.05) is 66.2 Å². The normalized spacial score (nSPS) is 10.9. The largest absolute Gasteiger partial charge is 0.228 e. The molecule has 0 spiro atoms. The van der Waals surface area contributed by atoms with Crippen LogP contribution in [-0.4, -0.2) is 9.97 Å². The first-order chi connectivity index (χ1) is 11.7. The Morgan fingerprint density at radius 1 is 0.750 bits per heavy atom. The average molecular weight is 335 g/mol. The fraction of sp³-hybridized carbons (Fsp3) is 0. The maximum absolute atomic E-state index is 14.5. The van der Waals surface area contributed by atoms with E-state index < -0.39 is 0 Å². The highest BCUT2D eigenvalue weighted by molar-refractivity contribution is 6.34. The highest BCUT2D eigenvalue weighted by Crippen LogP contribution is 2.29. The molecule has 4 aromatic rings. The van der Waals surface area contributed by atoms with Gasteiger partial charge in [-0.15, -0.1) is 0 Å². The molecule has 0 N–H and O–H groups in total. The minimum absolute atomic E-state index is 0.313. The Hall–Kier alpha value is -2.78. The van der Waals surface area contributed by atoms with Gasteiger partial charge in [-0.05, 0) is 23.8 Å². The van der Waals surface area contributed by atoms with Crippen molar-refractivity contribution in [3.63, 3.8) is 0 Å². The van der Waals surface area contributed by atoms with Crippen molar-refractivity contribution < 1.29 is 4.39 Å². The Labute approximate surface area is 143 Å². The predicted molar refractivity (Wildman–Crippen MR) is 95.4 cm³/mol. The number of benzene rings is 3. The molecule has 1 heterocycles. The molecule has 0 aliphatic rings. The van der Waals surface area contributed by atoms with Crippen molar-refractivity contribution in [3.05, 3.63) is 83.8 Å². The van der Waals surface area contributed by atoms with E-state index in [1.54, 1.807) is 6.07 Å². The molecular formula is C20H12ClFN2. The van der Waals surface area contributed by atoms with Crippen molar-refractivity contribution in [3.8, 4) is 22.5 Å². The zero-order valence-corrected chi connectivity index (χ0v) is 13.3. The van der Waals surface area contributed by atoms with Crippen LogP contribution in [-0.2, 0) is 0 Å². The van der Waals surface area contributed by atoms with E-state index in [4.69, 9.17) is 11.6 Å². The van der Waals surface area contributed by atoms with Crippen molar-refractivity contribution >= 4 is 22.5 Å². The smallest absolute Gasteiger partial charge is 0.161 e. The fourth-order valence-corrected chi connectivity index (χ4v) is 2.91. The molecule has 3 aromatic carbocycles. The molecule has 0 fully saturated rings. The molecular weight excluding hydrogens is 323 g/mol. The molecule has 0 unspecified atom stereocenters. The number of nitrogens with zero attached hydrogens (tertiary/aromatic N) is 2. The Kier molecular flexibility index (Phi) is 3.71. The van der Waals surface area contributed by atoms with Crippen molar-refractivity contribution in [2.45, 2.75) is 0 Å². The zero-order chi connectivity index (χ0) is 16.5. The van der Waals surface area contributed by atoms with Crippen LogP contribution in [0, 0.1) is 5.82 Å². The van der Waals surface area contributed by atoms with Gasteiger partial charge in [0.15, 0.2) is 5.82 Å². The van der Waals surface area contributed by atoms with Crippen molar-refractivity contribution in [2.24, 2.45) is 0 Å². The van der Waals surface area contributed by atoms with Crippen LogP contribution in [0.25, 0.3) is 33.4 Å². The third-order valence-electron chi connectivity index (χ3n) is 3.87. The van der Waals surface area contributed by atoms with Gasteiger partial charge in [-0.2, -0.15) is 0 Å². The van der Waals surface area contributed by atoms with Gasteiger partial charge in [0.1, 0.15) is 11.0 Å². The van der Waals surface area contributed by atoms with E-state index in [-0.39, 0.29) is 5.82 Å². The maximum atomic E-state index is 14.5. The molecule has 0 aliphatic heterocycles. The fourth-order valence-electron chi connectivity index (χ4n) is 2.67. The number of rotatable bonds is 2. The average Bonchev–Trinajstić information content (AvgIpc) is 2.62. The first-order valence-electron chi connectivity index (χ1n) is 7.50. The lowest BCUT2D eigenvalue weighted by Gasteiger charge is -2.07. The predicted octanol–water partition coefficient (Wildman–Crippen LogP) is 5.76. The second-order valence-electron chi connectivity index (χ2n) is 5.42. The number of hydrogen-bond donors (Lipinski definition) is 0. The Morgan fingerprint density at radius 2 is 1.50 bits per heavy atom. The lowest BCUT2D eigenvalue weighted by atomic mass is 10.0. The highest BCUT2D eigenvalue weighted by Gasteiger charge is 2.11. The molecule has 0 saturated heterocycles. The third-order valence-corrected chi connectivity index (χ3v) is 4.16. The number of hydrogen-bond acceptors (Lipinski definition) is 2. The molecule has 4 rings (SSSR count). The quantitative estimate of drug-likeness (QED) is 0.436. The maximum Gasteiger partial charge on any atom is 0.161 e. The zero-order valence-electron chi connectivity index (χ0n) is 12.6. The molecule has 24 heavy (non-hydrogen) atoms. The van der Waals surface area contributed by atoms with Crippen molar-refractivity contribution in [2.75, 3.05) is 0 Å².